The van der Waals surface area contributed by atoms with Gasteiger partial charge in [-0.2, -0.15) is 0 Å². The molecule has 0 spiro atoms. The van der Waals surface area contributed by atoms with Crippen molar-refractivity contribution in [1.82, 2.24) is 19.9 Å². The Morgan fingerprint density at radius 2 is 1.79 bits per heavy atom. The van der Waals surface area contributed by atoms with Crippen LogP contribution in [0, 0.1) is 19.7 Å². The maximum Gasteiger partial charge on any atom is 0.186 e. The molecule has 9 heteroatoms. The molecule has 0 bridgehead atoms. The second-order valence-corrected chi connectivity index (χ2v) is 8.72. The zero-order valence-electron chi connectivity index (χ0n) is 19.1. The van der Waals surface area contributed by atoms with Crippen LogP contribution in [-0.4, -0.2) is 58.4 Å². The van der Waals surface area contributed by atoms with Crippen LogP contribution in [0.2, 0.25) is 0 Å². The minimum Gasteiger partial charge on any atom is -0.488 e. The summed E-state index contributed by atoms with van der Waals surface area (Å²) >= 11 is 0. The molecule has 5 rings (SSSR count). The number of nitrogens with zero attached hydrogens (tertiary/aromatic N) is 5. The van der Waals surface area contributed by atoms with Gasteiger partial charge in [-0.3, -0.25) is 4.98 Å². The fourth-order valence-corrected chi connectivity index (χ4v) is 4.62. The Balaban J connectivity index is 1.28. The summed E-state index contributed by atoms with van der Waals surface area (Å²) in [6, 6.07) is 4.31. The molecule has 1 aliphatic carbocycles. The fourth-order valence-electron chi connectivity index (χ4n) is 4.62. The topological polar surface area (TPSA) is 85.3 Å². The standard InChI is InChI=1S/C24H29FN6O2/c1-15-22(25)24(29-16(2)28-15)30-17-3-5-19(6-4-17)33-21-14-18(31-9-11-32-12-10-31)13-20-23(21)27-8-7-26-20/h7-8,13-14,17,19H,3-6,9-12H2,1-2H3,(H,28,29,30)/t17-,19+. The van der Waals surface area contributed by atoms with Gasteiger partial charge in [-0.25, -0.2) is 19.3 Å². The number of anilines is 2. The normalized spacial score (nSPS) is 21.2. The van der Waals surface area contributed by atoms with E-state index in [2.05, 4.69) is 42.3 Å². The molecule has 33 heavy (non-hydrogen) atoms. The predicted molar refractivity (Wildman–Crippen MR) is 124 cm³/mol. The lowest BCUT2D eigenvalue weighted by Gasteiger charge is -2.31. The number of aromatic nitrogens is 4. The molecule has 2 aromatic heterocycles. The molecular formula is C24H29FN6O2. The quantitative estimate of drug-likeness (QED) is 0.626. The first-order chi connectivity index (χ1) is 16.1. The van der Waals surface area contributed by atoms with Crippen LogP contribution in [0.25, 0.3) is 11.0 Å². The summed E-state index contributed by atoms with van der Waals surface area (Å²) in [5.74, 6) is 1.26. The van der Waals surface area contributed by atoms with E-state index in [0.717, 1.165) is 74.5 Å². The highest BCUT2D eigenvalue weighted by molar-refractivity contribution is 5.85. The third kappa shape index (κ3) is 4.83. The second-order valence-electron chi connectivity index (χ2n) is 8.72. The van der Waals surface area contributed by atoms with Gasteiger partial charge in [0.1, 0.15) is 17.1 Å². The average Bonchev–Trinajstić information content (AvgIpc) is 2.84. The van der Waals surface area contributed by atoms with Gasteiger partial charge in [0, 0.05) is 43.3 Å². The highest BCUT2D eigenvalue weighted by Crippen LogP contribution is 2.33. The summed E-state index contributed by atoms with van der Waals surface area (Å²) in [6.07, 6.45) is 6.97. The van der Waals surface area contributed by atoms with Crippen LogP contribution in [-0.2, 0) is 4.74 Å². The Hall–Kier alpha value is -3.07. The van der Waals surface area contributed by atoms with Crippen LogP contribution in [0.1, 0.15) is 37.2 Å². The average molecular weight is 453 g/mol. The minimum absolute atomic E-state index is 0.0758. The summed E-state index contributed by atoms with van der Waals surface area (Å²) in [4.78, 5) is 19.7. The third-order valence-electron chi connectivity index (χ3n) is 6.34. The van der Waals surface area contributed by atoms with E-state index >= 15 is 0 Å². The molecule has 0 radical (unpaired) electrons. The summed E-state index contributed by atoms with van der Waals surface area (Å²) in [5.41, 5.74) is 3.07. The van der Waals surface area contributed by atoms with Gasteiger partial charge in [0.15, 0.2) is 11.6 Å². The molecule has 1 aliphatic heterocycles. The number of hydrogen-bond donors (Lipinski definition) is 1. The van der Waals surface area contributed by atoms with Crippen molar-refractivity contribution in [2.45, 2.75) is 51.7 Å². The summed E-state index contributed by atoms with van der Waals surface area (Å²) < 4.78 is 26.4. The molecule has 1 aromatic carbocycles. The number of fused-ring (bicyclic) bond motifs is 1. The number of hydrogen-bond acceptors (Lipinski definition) is 8. The Kier molecular flexibility index (Phi) is 6.22. The lowest BCUT2D eigenvalue weighted by atomic mass is 9.93. The summed E-state index contributed by atoms with van der Waals surface area (Å²) in [6.45, 7) is 6.58. The number of benzene rings is 1. The van der Waals surface area contributed by atoms with Gasteiger partial charge in [0.25, 0.3) is 0 Å². The van der Waals surface area contributed by atoms with Crippen molar-refractivity contribution in [2.24, 2.45) is 0 Å². The van der Waals surface area contributed by atoms with Crippen LogP contribution in [0.4, 0.5) is 15.9 Å². The number of rotatable bonds is 5. The number of halogens is 1. The maximum atomic E-state index is 14.4. The number of ether oxygens (including phenoxy) is 2. The van der Waals surface area contributed by atoms with Crippen molar-refractivity contribution < 1.29 is 13.9 Å². The highest BCUT2D eigenvalue weighted by atomic mass is 19.1. The van der Waals surface area contributed by atoms with E-state index in [1.165, 1.54) is 0 Å². The first-order valence-electron chi connectivity index (χ1n) is 11.6. The molecule has 8 nitrogen and oxygen atoms in total. The monoisotopic (exact) mass is 452 g/mol. The van der Waals surface area contributed by atoms with Gasteiger partial charge in [0.2, 0.25) is 0 Å². The lowest BCUT2D eigenvalue weighted by Crippen LogP contribution is -2.36. The van der Waals surface area contributed by atoms with Crippen LogP contribution in [0.3, 0.4) is 0 Å². The van der Waals surface area contributed by atoms with Crippen LogP contribution >= 0.6 is 0 Å². The van der Waals surface area contributed by atoms with Crippen molar-refractivity contribution in [3.63, 3.8) is 0 Å². The van der Waals surface area contributed by atoms with Crippen LogP contribution in [0.15, 0.2) is 24.5 Å². The first-order valence-corrected chi connectivity index (χ1v) is 11.6. The van der Waals surface area contributed by atoms with Gasteiger partial charge in [-0.15, -0.1) is 0 Å². The zero-order valence-corrected chi connectivity index (χ0v) is 19.1. The Morgan fingerprint density at radius 1 is 1.03 bits per heavy atom. The van der Waals surface area contributed by atoms with E-state index in [9.17, 15) is 4.39 Å². The molecule has 0 amide bonds. The molecule has 1 saturated carbocycles. The molecule has 1 saturated heterocycles. The van der Waals surface area contributed by atoms with E-state index in [-0.39, 0.29) is 18.0 Å². The van der Waals surface area contributed by atoms with Crippen LogP contribution < -0.4 is 15.0 Å². The van der Waals surface area contributed by atoms with Crippen molar-refractivity contribution in [1.29, 1.82) is 0 Å². The molecule has 1 N–H and O–H groups in total. The van der Waals surface area contributed by atoms with Gasteiger partial charge in [0.05, 0.1) is 30.5 Å². The second kappa shape index (κ2) is 9.43. The zero-order chi connectivity index (χ0) is 22.8. The highest BCUT2D eigenvalue weighted by Gasteiger charge is 2.25. The largest absolute Gasteiger partial charge is 0.488 e. The maximum absolute atomic E-state index is 14.4. The molecule has 2 fully saturated rings. The molecule has 0 atom stereocenters. The number of aryl methyl sites for hydroxylation is 2. The van der Waals surface area contributed by atoms with Crippen molar-refractivity contribution in [3.05, 3.63) is 41.9 Å². The SMILES string of the molecule is Cc1nc(C)c(F)c(N[C@H]2CC[C@@H](Oc3cc(N4CCOCC4)cc4nccnc34)CC2)n1. The van der Waals surface area contributed by atoms with E-state index in [0.29, 0.717) is 17.3 Å². The lowest BCUT2D eigenvalue weighted by molar-refractivity contribution is 0.122. The fraction of sp³-hybridized carbons (Fsp3) is 0.500. The Labute approximate surface area is 192 Å². The van der Waals surface area contributed by atoms with E-state index in [4.69, 9.17) is 9.47 Å². The van der Waals surface area contributed by atoms with E-state index in [1.54, 1.807) is 26.2 Å². The number of nitrogens with one attached hydrogen (secondary N) is 1. The molecule has 0 unspecified atom stereocenters. The summed E-state index contributed by atoms with van der Waals surface area (Å²) in [5, 5.41) is 3.27. The summed E-state index contributed by atoms with van der Waals surface area (Å²) in [7, 11) is 0. The third-order valence-corrected chi connectivity index (χ3v) is 6.34. The van der Waals surface area contributed by atoms with Gasteiger partial charge < -0.3 is 19.7 Å². The van der Waals surface area contributed by atoms with Gasteiger partial charge >= 0.3 is 0 Å². The Morgan fingerprint density at radius 3 is 2.58 bits per heavy atom. The molecule has 3 heterocycles. The smallest absolute Gasteiger partial charge is 0.186 e. The first kappa shape index (κ1) is 21.8. The molecule has 3 aromatic rings. The minimum atomic E-state index is -0.371. The van der Waals surface area contributed by atoms with Crippen molar-refractivity contribution in [3.8, 4) is 5.75 Å². The number of morpholine rings is 1. The van der Waals surface area contributed by atoms with Crippen molar-refractivity contribution >= 4 is 22.5 Å². The van der Waals surface area contributed by atoms with Crippen molar-refractivity contribution in [2.75, 3.05) is 36.5 Å². The van der Waals surface area contributed by atoms with Gasteiger partial charge in [-0.1, -0.05) is 0 Å². The predicted octanol–water partition coefficient (Wildman–Crippen LogP) is 3.81. The van der Waals surface area contributed by atoms with E-state index in [1.807, 2.05) is 0 Å². The molecule has 174 valence electrons. The van der Waals surface area contributed by atoms with Gasteiger partial charge in [-0.05, 0) is 45.6 Å². The van der Waals surface area contributed by atoms with E-state index < -0.39 is 0 Å². The Bertz CT molecular complexity index is 1130. The molecular weight excluding hydrogens is 423 g/mol. The molecule has 2 aliphatic rings. The van der Waals surface area contributed by atoms with Crippen LogP contribution in [0.5, 0.6) is 5.75 Å².